The van der Waals surface area contributed by atoms with Crippen molar-refractivity contribution in [2.75, 3.05) is 11.9 Å². The van der Waals surface area contributed by atoms with Gasteiger partial charge in [-0.05, 0) is 57.4 Å². The molecule has 0 aliphatic carbocycles. The lowest BCUT2D eigenvalue weighted by Crippen LogP contribution is -2.47. The Balaban J connectivity index is 1.66. The van der Waals surface area contributed by atoms with Crippen LogP contribution in [0.2, 0.25) is 0 Å². The van der Waals surface area contributed by atoms with Crippen molar-refractivity contribution in [1.29, 1.82) is 5.26 Å². The molecule has 3 aromatic rings. The number of hydrogen-bond donors (Lipinski definition) is 3. The van der Waals surface area contributed by atoms with Crippen molar-refractivity contribution in [3.8, 4) is 6.07 Å². The molecule has 0 amide bonds. The maximum atomic E-state index is 13.0. The van der Waals surface area contributed by atoms with Gasteiger partial charge < -0.3 is 25.5 Å². The maximum Gasteiger partial charge on any atom is 0.407 e. The van der Waals surface area contributed by atoms with Crippen LogP contribution in [0.1, 0.15) is 51.6 Å². The van der Waals surface area contributed by atoms with Gasteiger partial charge in [-0.1, -0.05) is 12.1 Å². The molecule has 10 nitrogen and oxygen atoms in total. The van der Waals surface area contributed by atoms with Crippen molar-refractivity contribution in [3.05, 3.63) is 52.4 Å². The van der Waals surface area contributed by atoms with Crippen LogP contribution >= 0.6 is 0 Å². The minimum atomic E-state index is -4.59. The Morgan fingerprint density at radius 1 is 1.33 bits per heavy atom. The number of benzene rings is 1. The van der Waals surface area contributed by atoms with Gasteiger partial charge >= 0.3 is 12.1 Å². The summed E-state index contributed by atoms with van der Waals surface area (Å²) in [6, 6.07) is 6.97. The van der Waals surface area contributed by atoms with Crippen LogP contribution in [0.5, 0.6) is 0 Å². The summed E-state index contributed by atoms with van der Waals surface area (Å²) in [5.41, 5.74) is 3.85. The van der Waals surface area contributed by atoms with E-state index in [0.717, 1.165) is 0 Å². The Labute approximate surface area is 221 Å². The highest BCUT2D eigenvalue weighted by atomic mass is 19.4. The van der Waals surface area contributed by atoms with Crippen LogP contribution in [0.3, 0.4) is 0 Å². The van der Waals surface area contributed by atoms with Crippen LogP contribution in [-0.2, 0) is 19.8 Å². The first-order chi connectivity index (χ1) is 18.2. The number of carbonyl (C=O) groups excluding carboxylic acids is 1. The summed E-state index contributed by atoms with van der Waals surface area (Å²) in [5.74, 6) is -0.350. The predicted octanol–water partition coefficient (Wildman–Crippen LogP) is 4.16. The predicted molar refractivity (Wildman–Crippen MR) is 136 cm³/mol. The van der Waals surface area contributed by atoms with Gasteiger partial charge in [0.1, 0.15) is 17.0 Å². The standard InChI is InChI=1S/C26H29F3N6O4/c1-24(2,3)39-23(37)18-8-10-25(11-12-30,14-38-18)35-17-9-13-32-22(36)19(17)21(34-35)33-16-6-4-15(5-7-16)20(31)26(27,28)29/h4-7,9,13,18,20H,8,10-11,14,31H2,1-3H3,(H,32,36)(H,33,34)/t18-,20+,25+/m1/s1. The number of aromatic nitrogens is 3. The van der Waals surface area contributed by atoms with E-state index in [1.165, 1.54) is 30.5 Å². The number of esters is 1. The van der Waals surface area contributed by atoms with Crippen LogP contribution in [0.25, 0.3) is 10.9 Å². The van der Waals surface area contributed by atoms with Crippen molar-refractivity contribution in [3.63, 3.8) is 0 Å². The highest BCUT2D eigenvalue weighted by Gasteiger charge is 2.43. The van der Waals surface area contributed by atoms with Crippen molar-refractivity contribution >= 4 is 28.4 Å². The molecule has 3 heterocycles. The summed E-state index contributed by atoms with van der Waals surface area (Å²) in [4.78, 5) is 28.0. The van der Waals surface area contributed by atoms with Gasteiger partial charge in [0, 0.05) is 11.9 Å². The van der Waals surface area contributed by atoms with E-state index in [4.69, 9.17) is 15.2 Å². The largest absolute Gasteiger partial charge is 0.458 e. The van der Waals surface area contributed by atoms with E-state index < -0.39 is 41.0 Å². The molecule has 13 heteroatoms. The summed E-state index contributed by atoms with van der Waals surface area (Å²) in [6.45, 7) is 5.24. The van der Waals surface area contributed by atoms with E-state index in [0.29, 0.717) is 17.6 Å². The highest BCUT2D eigenvalue weighted by molar-refractivity contribution is 5.91. The van der Waals surface area contributed by atoms with E-state index in [2.05, 4.69) is 21.5 Å². The molecule has 1 saturated heterocycles. The fourth-order valence-electron chi connectivity index (χ4n) is 4.52. The lowest BCUT2D eigenvalue weighted by Gasteiger charge is -2.39. The zero-order valence-corrected chi connectivity index (χ0v) is 21.6. The minimum Gasteiger partial charge on any atom is -0.458 e. The number of aromatic amines is 1. The van der Waals surface area contributed by atoms with Gasteiger partial charge in [0.25, 0.3) is 5.56 Å². The van der Waals surface area contributed by atoms with Gasteiger partial charge in [-0.3, -0.25) is 9.48 Å². The molecule has 39 heavy (non-hydrogen) atoms. The van der Waals surface area contributed by atoms with Crippen LogP contribution in [0.4, 0.5) is 24.7 Å². The number of halogens is 3. The lowest BCUT2D eigenvalue weighted by atomic mass is 9.87. The summed E-state index contributed by atoms with van der Waals surface area (Å²) in [6.07, 6.45) is -3.34. The molecule has 0 bridgehead atoms. The minimum absolute atomic E-state index is 0.0128. The molecule has 0 spiro atoms. The average molecular weight is 547 g/mol. The Morgan fingerprint density at radius 3 is 2.59 bits per heavy atom. The summed E-state index contributed by atoms with van der Waals surface area (Å²) < 4.78 is 51.8. The first kappa shape index (κ1) is 28.1. The molecule has 1 aliphatic rings. The highest BCUT2D eigenvalue weighted by Crippen LogP contribution is 2.38. The van der Waals surface area contributed by atoms with Crippen LogP contribution < -0.4 is 16.6 Å². The molecule has 1 fully saturated rings. The fourth-order valence-corrected chi connectivity index (χ4v) is 4.52. The van der Waals surface area contributed by atoms with E-state index in [-0.39, 0.29) is 36.2 Å². The molecular weight excluding hydrogens is 517 g/mol. The molecule has 208 valence electrons. The number of H-pyrrole nitrogens is 1. The lowest BCUT2D eigenvalue weighted by molar-refractivity contribution is -0.176. The average Bonchev–Trinajstić information content (AvgIpc) is 3.23. The number of nitrogens with one attached hydrogen (secondary N) is 2. The zero-order valence-electron chi connectivity index (χ0n) is 21.6. The second kappa shape index (κ2) is 10.3. The van der Waals surface area contributed by atoms with Crippen LogP contribution in [0, 0.1) is 11.3 Å². The molecule has 3 atom stereocenters. The molecule has 0 unspecified atom stereocenters. The topological polar surface area (TPSA) is 148 Å². The smallest absolute Gasteiger partial charge is 0.407 e. The Kier molecular flexibility index (Phi) is 7.46. The van der Waals surface area contributed by atoms with Gasteiger partial charge in [-0.25, -0.2) is 4.79 Å². The molecule has 0 radical (unpaired) electrons. The molecule has 2 aromatic heterocycles. The number of nitrogens with two attached hydrogens (primary N) is 1. The number of pyridine rings is 1. The Bertz CT molecular complexity index is 1440. The normalized spacial score (nSPS) is 20.8. The van der Waals surface area contributed by atoms with Crippen molar-refractivity contribution in [1.82, 2.24) is 14.8 Å². The molecule has 0 saturated carbocycles. The third-order valence-electron chi connectivity index (χ3n) is 6.44. The third kappa shape index (κ3) is 5.91. The number of anilines is 2. The number of alkyl halides is 3. The second-order valence-corrected chi connectivity index (χ2v) is 10.5. The molecule has 4 rings (SSSR count). The summed E-state index contributed by atoms with van der Waals surface area (Å²) in [5, 5.41) is 17.5. The Hall–Kier alpha value is -3.89. The van der Waals surface area contributed by atoms with Crippen LogP contribution in [-0.4, -0.2) is 45.2 Å². The van der Waals surface area contributed by atoms with E-state index in [1.54, 1.807) is 31.5 Å². The summed E-state index contributed by atoms with van der Waals surface area (Å²) in [7, 11) is 0. The first-order valence-corrected chi connectivity index (χ1v) is 12.3. The zero-order chi connectivity index (χ0) is 28.6. The Morgan fingerprint density at radius 2 is 2.03 bits per heavy atom. The number of nitriles is 1. The van der Waals surface area contributed by atoms with Crippen molar-refractivity contribution in [2.45, 2.75) is 69.5 Å². The third-order valence-corrected chi connectivity index (χ3v) is 6.44. The van der Waals surface area contributed by atoms with Gasteiger partial charge in [-0.2, -0.15) is 23.5 Å². The van der Waals surface area contributed by atoms with Gasteiger partial charge in [0.15, 0.2) is 11.9 Å². The monoisotopic (exact) mass is 546 g/mol. The maximum absolute atomic E-state index is 13.0. The molecule has 1 aliphatic heterocycles. The quantitative estimate of drug-likeness (QED) is 0.391. The van der Waals surface area contributed by atoms with Crippen molar-refractivity contribution < 1.29 is 27.4 Å². The van der Waals surface area contributed by atoms with E-state index in [9.17, 15) is 28.0 Å². The first-order valence-electron chi connectivity index (χ1n) is 12.3. The van der Waals surface area contributed by atoms with E-state index in [1.807, 2.05) is 0 Å². The van der Waals surface area contributed by atoms with Gasteiger partial charge in [-0.15, -0.1) is 0 Å². The number of ether oxygens (including phenoxy) is 2. The molecule has 4 N–H and O–H groups in total. The SMILES string of the molecule is CC(C)(C)OC(=O)[C@H]1CC[C@@](CC#N)(n2nc(Nc3ccc([C@H](N)C(F)(F)F)cc3)c3c(=O)[nH]ccc32)CO1. The second-order valence-electron chi connectivity index (χ2n) is 10.5. The molecule has 1 aromatic carbocycles. The fraction of sp³-hybridized carbons (Fsp3) is 0.462. The van der Waals surface area contributed by atoms with Crippen LogP contribution in [0.15, 0.2) is 41.3 Å². The number of nitrogens with zero attached hydrogens (tertiary/aromatic N) is 3. The number of rotatable bonds is 6. The van der Waals surface area contributed by atoms with Gasteiger partial charge in [0.2, 0.25) is 0 Å². The summed E-state index contributed by atoms with van der Waals surface area (Å²) >= 11 is 0. The number of carbonyl (C=O) groups is 1. The molecular formula is C26H29F3N6O4. The number of fused-ring (bicyclic) bond motifs is 1. The van der Waals surface area contributed by atoms with E-state index >= 15 is 0 Å². The van der Waals surface area contributed by atoms with Crippen molar-refractivity contribution in [2.24, 2.45) is 5.73 Å². The van der Waals surface area contributed by atoms with Gasteiger partial charge in [0.05, 0.1) is 30.2 Å². The number of hydrogen-bond acceptors (Lipinski definition) is 8.